The first-order valence-corrected chi connectivity index (χ1v) is 9.76. The van der Waals surface area contributed by atoms with E-state index in [1.165, 1.54) is 0 Å². The highest BCUT2D eigenvalue weighted by Crippen LogP contribution is 2.32. The molecule has 1 heterocycles. The van der Waals surface area contributed by atoms with Crippen LogP contribution < -0.4 is 24.8 Å². The second-order valence-corrected chi connectivity index (χ2v) is 7.14. The summed E-state index contributed by atoms with van der Waals surface area (Å²) in [5.41, 5.74) is 1.57. The second kappa shape index (κ2) is 9.98. The van der Waals surface area contributed by atoms with Crippen molar-refractivity contribution in [2.24, 2.45) is 0 Å². The number of ether oxygens (including phenoxy) is 3. The number of carbonyl (C=O) groups is 2. The number of hydrogen-bond donors (Lipinski definition) is 2. The number of hydrogen-bond acceptors (Lipinski definition) is 6. The fraction of sp³-hybridized carbons (Fsp3) is 0.364. The zero-order chi connectivity index (χ0) is 21.5. The molecule has 2 aromatic rings. The van der Waals surface area contributed by atoms with Crippen LogP contribution in [-0.4, -0.2) is 57.2 Å². The van der Waals surface area contributed by atoms with E-state index in [0.717, 1.165) is 5.56 Å². The van der Waals surface area contributed by atoms with Gasteiger partial charge in [-0.2, -0.15) is 0 Å². The van der Waals surface area contributed by atoms with Gasteiger partial charge in [-0.25, -0.2) is 0 Å². The molecule has 1 aliphatic rings. The highest BCUT2D eigenvalue weighted by atomic mass is 16.6. The molecule has 1 atom stereocenters. The first-order chi connectivity index (χ1) is 14.4. The van der Waals surface area contributed by atoms with E-state index in [1.807, 2.05) is 25.1 Å². The Morgan fingerprint density at radius 1 is 1.07 bits per heavy atom. The minimum Gasteiger partial charge on any atom is -0.497 e. The number of likely N-dealkylation sites (N-methyl/N-ethyl adjacent to an activating group) is 1. The molecule has 0 bridgehead atoms. The number of nitrogens with one attached hydrogen (secondary N) is 2. The Balaban J connectivity index is 1.47. The minimum absolute atomic E-state index is 0.0863. The molecular weight excluding hydrogens is 386 g/mol. The number of methoxy groups -OCH3 is 1. The molecule has 0 unspecified atom stereocenters. The average Bonchev–Trinajstić information content (AvgIpc) is 2.73. The molecule has 2 N–H and O–H groups in total. The number of fused-ring (bicyclic) bond motifs is 1. The molecule has 2 amide bonds. The largest absolute Gasteiger partial charge is 0.497 e. The van der Waals surface area contributed by atoms with Crippen molar-refractivity contribution in [3.05, 3.63) is 48.0 Å². The summed E-state index contributed by atoms with van der Waals surface area (Å²) in [6.45, 7) is 3.14. The summed E-state index contributed by atoms with van der Waals surface area (Å²) in [6, 6.07) is 12.5. The Hall–Kier alpha value is -3.26. The molecule has 0 saturated heterocycles. The van der Waals surface area contributed by atoms with Crippen molar-refractivity contribution in [2.75, 3.05) is 45.8 Å². The first kappa shape index (κ1) is 21.4. The molecule has 0 saturated carbocycles. The molecule has 1 aliphatic heterocycles. The van der Waals surface area contributed by atoms with Crippen LogP contribution in [0.15, 0.2) is 42.5 Å². The number of carbonyl (C=O) groups excluding carboxylic acids is 2. The van der Waals surface area contributed by atoms with Crippen molar-refractivity contribution in [1.29, 1.82) is 0 Å². The van der Waals surface area contributed by atoms with Gasteiger partial charge in [-0.05, 0) is 43.8 Å². The third kappa shape index (κ3) is 5.87. The van der Waals surface area contributed by atoms with Crippen LogP contribution in [-0.2, 0) is 9.59 Å². The van der Waals surface area contributed by atoms with E-state index < -0.39 is 0 Å². The summed E-state index contributed by atoms with van der Waals surface area (Å²) in [7, 11) is 3.29. The fourth-order valence-corrected chi connectivity index (χ4v) is 3.15. The van der Waals surface area contributed by atoms with E-state index >= 15 is 0 Å². The molecule has 2 aromatic carbocycles. The van der Waals surface area contributed by atoms with Crippen LogP contribution in [0.4, 0.5) is 5.69 Å². The molecule has 0 aliphatic carbocycles. The van der Waals surface area contributed by atoms with Crippen molar-refractivity contribution in [2.45, 2.75) is 13.0 Å². The smallest absolute Gasteiger partial charge is 0.238 e. The number of benzene rings is 2. The molecule has 0 aromatic heterocycles. The third-order valence-corrected chi connectivity index (χ3v) is 4.62. The van der Waals surface area contributed by atoms with Crippen LogP contribution in [0.2, 0.25) is 0 Å². The summed E-state index contributed by atoms with van der Waals surface area (Å²) in [4.78, 5) is 26.3. The summed E-state index contributed by atoms with van der Waals surface area (Å²) in [6.07, 6.45) is 0. The van der Waals surface area contributed by atoms with Crippen LogP contribution in [0.1, 0.15) is 18.5 Å². The highest BCUT2D eigenvalue weighted by molar-refractivity contribution is 5.92. The molecule has 3 rings (SSSR count). The maximum absolute atomic E-state index is 12.4. The normalized spacial score (nSPS) is 13.5. The van der Waals surface area contributed by atoms with Crippen molar-refractivity contribution in [1.82, 2.24) is 10.2 Å². The van der Waals surface area contributed by atoms with Crippen LogP contribution in [0.3, 0.4) is 0 Å². The maximum Gasteiger partial charge on any atom is 0.238 e. The number of anilines is 1. The van der Waals surface area contributed by atoms with Crippen LogP contribution in [0, 0.1) is 0 Å². The molecule has 0 spiro atoms. The first-order valence-electron chi connectivity index (χ1n) is 9.76. The number of nitrogens with zero attached hydrogens (tertiary/aromatic N) is 1. The van der Waals surface area contributed by atoms with Gasteiger partial charge in [0.1, 0.15) is 19.0 Å². The van der Waals surface area contributed by atoms with Crippen LogP contribution in [0.5, 0.6) is 17.2 Å². The summed E-state index contributed by atoms with van der Waals surface area (Å²) < 4.78 is 16.3. The van der Waals surface area contributed by atoms with Gasteiger partial charge >= 0.3 is 0 Å². The molecular formula is C22H27N3O5. The zero-order valence-electron chi connectivity index (χ0n) is 17.4. The molecule has 30 heavy (non-hydrogen) atoms. The zero-order valence-corrected chi connectivity index (χ0v) is 17.4. The standard InChI is InChI=1S/C22H27N3O5/c1-15(16-7-8-19-20(11-16)30-10-9-29-19)23-21(26)13-25(2)14-22(27)24-17-5-4-6-18(12-17)28-3/h4-8,11-12,15H,9-10,13-14H2,1-3H3,(H,23,26)(H,24,27)/t15-/m0/s1. The van der Waals surface area contributed by atoms with Gasteiger partial charge < -0.3 is 24.8 Å². The SMILES string of the molecule is COc1cccc(NC(=O)CN(C)CC(=O)N[C@@H](C)c2ccc3c(c2)OCCO3)c1. The molecule has 8 nitrogen and oxygen atoms in total. The number of rotatable bonds is 8. The lowest BCUT2D eigenvalue weighted by Crippen LogP contribution is -2.39. The van der Waals surface area contributed by atoms with E-state index in [1.54, 1.807) is 43.3 Å². The monoisotopic (exact) mass is 413 g/mol. The molecule has 0 fully saturated rings. The van der Waals surface area contributed by atoms with Crippen molar-refractivity contribution < 1.29 is 23.8 Å². The van der Waals surface area contributed by atoms with E-state index in [-0.39, 0.29) is 30.9 Å². The van der Waals surface area contributed by atoms with Gasteiger partial charge in [0.25, 0.3) is 0 Å². The van der Waals surface area contributed by atoms with E-state index in [4.69, 9.17) is 14.2 Å². The van der Waals surface area contributed by atoms with Crippen molar-refractivity contribution in [3.8, 4) is 17.2 Å². The van der Waals surface area contributed by atoms with Crippen molar-refractivity contribution in [3.63, 3.8) is 0 Å². The lowest BCUT2D eigenvalue weighted by Gasteiger charge is -2.22. The average molecular weight is 413 g/mol. The van der Waals surface area contributed by atoms with Gasteiger partial charge in [0, 0.05) is 11.8 Å². The summed E-state index contributed by atoms with van der Waals surface area (Å²) >= 11 is 0. The van der Waals surface area contributed by atoms with Crippen LogP contribution in [0.25, 0.3) is 0 Å². The van der Waals surface area contributed by atoms with Gasteiger partial charge in [0.15, 0.2) is 11.5 Å². The Morgan fingerprint density at radius 2 is 1.80 bits per heavy atom. The third-order valence-electron chi connectivity index (χ3n) is 4.62. The Kier molecular flexibility index (Phi) is 7.13. The maximum atomic E-state index is 12.4. The Morgan fingerprint density at radius 3 is 2.57 bits per heavy atom. The Labute approximate surface area is 176 Å². The molecule has 160 valence electrons. The van der Waals surface area contributed by atoms with Crippen molar-refractivity contribution >= 4 is 17.5 Å². The van der Waals surface area contributed by atoms with E-state index in [0.29, 0.717) is 36.1 Å². The lowest BCUT2D eigenvalue weighted by molar-refractivity contribution is -0.123. The predicted octanol–water partition coefficient (Wildman–Crippen LogP) is 2.21. The summed E-state index contributed by atoms with van der Waals surface area (Å²) in [5, 5.41) is 5.75. The lowest BCUT2D eigenvalue weighted by atomic mass is 10.1. The fourth-order valence-electron chi connectivity index (χ4n) is 3.15. The molecule has 8 heteroatoms. The quantitative estimate of drug-likeness (QED) is 0.690. The van der Waals surface area contributed by atoms with E-state index in [2.05, 4.69) is 10.6 Å². The topological polar surface area (TPSA) is 89.1 Å². The minimum atomic E-state index is -0.210. The summed E-state index contributed by atoms with van der Waals surface area (Å²) in [5.74, 6) is 1.68. The molecule has 0 radical (unpaired) electrons. The second-order valence-electron chi connectivity index (χ2n) is 7.14. The Bertz CT molecular complexity index is 902. The van der Waals surface area contributed by atoms with Gasteiger partial charge in [-0.1, -0.05) is 12.1 Å². The van der Waals surface area contributed by atoms with E-state index in [9.17, 15) is 9.59 Å². The highest BCUT2D eigenvalue weighted by Gasteiger charge is 2.17. The number of amides is 2. The van der Waals surface area contributed by atoms with Gasteiger partial charge in [0.2, 0.25) is 11.8 Å². The van der Waals surface area contributed by atoms with Gasteiger partial charge in [0.05, 0.1) is 26.2 Å². The van der Waals surface area contributed by atoms with Gasteiger partial charge in [-0.15, -0.1) is 0 Å². The predicted molar refractivity (Wildman–Crippen MR) is 113 cm³/mol. The van der Waals surface area contributed by atoms with Crippen LogP contribution >= 0.6 is 0 Å². The van der Waals surface area contributed by atoms with Gasteiger partial charge in [-0.3, -0.25) is 14.5 Å².